The van der Waals surface area contributed by atoms with Crippen LogP contribution < -0.4 is 9.46 Å². The molecule has 0 aliphatic carbocycles. The smallest absolute Gasteiger partial charge is 0.211 e. The molecule has 0 spiro atoms. The van der Waals surface area contributed by atoms with Crippen LogP contribution in [0.2, 0.25) is 0 Å². The molecule has 0 saturated carbocycles. The highest BCUT2D eigenvalue weighted by Crippen LogP contribution is 2.31. The first-order valence-corrected chi connectivity index (χ1v) is 12.0. The quantitative estimate of drug-likeness (QED) is 0.543. The zero-order valence-corrected chi connectivity index (χ0v) is 18.0. The first kappa shape index (κ1) is 20.9. The zero-order valence-electron chi connectivity index (χ0n) is 17.1. The topological polar surface area (TPSA) is 80.4 Å². The monoisotopic (exact) mass is 428 g/mol. The molecular weight excluding hydrogens is 400 g/mol. The predicted molar refractivity (Wildman–Crippen MR) is 119 cm³/mol. The summed E-state index contributed by atoms with van der Waals surface area (Å²) in [5.41, 5.74) is 3.13. The summed E-state index contributed by atoms with van der Waals surface area (Å²) in [6.45, 7) is 1.03. The third-order valence-corrected chi connectivity index (χ3v) is 7.13. The van der Waals surface area contributed by atoms with E-state index in [0.717, 1.165) is 47.2 Å². The van der Waals surface area contributed by atoms with Gasteiger partial charge >= 0.3 is 0 Å². The molecule has 1 saturated heterocycles. The Kier molecular flexibility index (Phi) is 6.41. The van der Waals surface area contributed by atoms with Gasteiger partial charge in [-0.1, -0.05) is 30.3 Å². The molecule has 1 aromatic heterocycles. The molecule has 2 heterocycles. The van der Waals surface area contributed by atoms with E-state index in [9.17, 15) is 8.42 Å². The van der Waals surface area contributed by atoms with Gasteiger partial charge < -0.3 is 14.5 Å². The molecular formula is C23H28N2O4S. The Hall–Kier alpha value is -2.35. The van der Waals surface area contributed by atoms with Gasteiger partial charge in [0.25, 0.3) is 0 Å². The van der Waals surface area contributed by atoms with Crippen molar-refractivity contribution in [1.29, 1.82) is 0 Å². The van der Waals surface area contributed by atoms with Crippen LogP contribution in [0.3, 0.4) is 0 Å². The lowest BCUT2D eigenvalue weighted by atomic mass is 9.91. The average molecular weight is 429 g/mol. The Morgan fingerprint density at radius 2 is 2.00 bits per heavy atom. The van der Waals surface area contributed by atoms with Gasteiger partial charge in [-0.15, -0.1) is 0 Å². The molecule has 4 rings (SSSR count). The van der Waals surface area contributed by atoms with Crippen LogP contribution in [0.4, 0.5) is 0 Å². The van der Waals surface area contributed by atoms with E-state index in [-0.39, 0.29) is 17.8 Å². The average Bonchev–Trinajstić information content (AvgIpc) is 3.43. The standard InChI is InChI=1S/C23H28N2O4S/c1-28-18-10-8-17(9-11-18)21(22-15-24-23-7-3-2-6-20(22)23)16-25-30(26,27)14-12-19-5-4-13-29-19/h2-3,6-11,15,19,21,24-25H,4-5,12-14,16H2,1H3/t19-,21+/m1/s1. The molecule has 30 heavy (non-hydrogen) atoms. The minimum Gasteiger partial charge on any atom is -0.497 e. The number of aromatic amines is 1. The predicted octanol–water partition coefficient (Wildman–Crippen LogP) is 3.80. The molecule has 7 heteroatoms. The van der Waals surface area contributed by atoms with Gasteiger partial charge in [0, 0.05) is 36.2 Å². The first-order valence-electron chi connectivity index (χ1n) is 10.3. The van der Waals surface area contributed by atoms with Crippen molar-refractivity contribution in [2.24, 2.45) is 0 Å². The molecule has 2 atom stereocenters. The number of benzene rings is 2. The number of hydrogen-bond acceptors (Lipinski definition) is 4. The number of sulfonamides is 1. The number of ether oxygens (including phenoxy) is 2. The van der Waals surface area contributed by atoms with E-state index in [4.69, 9.17) is 9.47 Å². The van der Waals surface area contributed by atoms with Crippen LogP contribution in [0.1, 0.15) is 36.3 Å². The van der Waals surface area contributed by atoms with Crippen molar-refractivity contribution in [1.82, 2.24) is 9.71 Å². The van der Waals surface area contributed by atoms with Crippen LogP contribution in [0.25, 0.3) is 10.9 Å². The highest BCUT2D eigenvalue weighted by Gasteiger charge is 2.23. The second-order valence-corrected chi connectivity index (χ2v) is 9.63. The van der Waals surface area contributed by atoms with Crippen molar-refractivity contribution < 1.29 is 17.9 Å². The van der Waals surface area contributed by atoms with E-state index in [0.29, 0.717) is 13.0 Å². The molecule has 1 aliphatic heterocycles. The molecule has 6 nitrogen and oxygen atoms in total. The third-order valence-electron chi connectivity index (χ3n) is 5.75. The Morgan fingerprint density at radius 3 is 2.73 bits per heavy atom. The molecule has 160 valence electrons. The molecule has 2 aromatic carbocycles. The van der Waals surface area contributed by atoms with Crippen molar-refractivity contribution in [3.8, 4) is 5.75 Å². The Balaban J connectivity index is 1.55. The Labute approximate surface area is 177 Å². The van der Waals surface area contributed by atoms with Crippen molar-refractivity contribution in [3.05, 3.63) is 65.9 Å². The van der Waals surface area contributed by atoms with Crippen LogP contribution in [-0.4, -0.2) is 45.5 Å². The maximum atomic E-state index is 12.7. The van der Waals surface area contributed by atoms with Gasteiger partial charge in [-0.25, -0.2) is 13.1 Å². The highest BCUT2D eigenvalue weighted by atomic mass is 32.2. The first-order chi connectivity index (χ1) is 14.6. The van der Waals surface area contributed by atoms with Gasteiger partial charge in [-0.05, 0) is 48.6 Å². The van der Waals surface area contributed by atoms with Gasteiger partial charge in [0.1, 0.15) is 5.75 Å². The number of fused-ring (bicyclic) bond motifs is 1. The summed E-state index contributed by atoms with van der Waals surface area (Å²) in [6.07, 6.45) is 4.53. The lowest BCUT2D eigenvalue weighted by molar-refractivity contribution is 0.109. The van der Waals surface area contributed by atoms with E-state index >= 15 is 0 Å². The van der Waals surface area contributed by atoms with Gasteiger partial charge in [0.2, 0.25) is 10.0 Å². The van der Waals surface area contributed by atoms with Crippen molar-refractivity contribution in [2.75, 3.05) is 26.0 Å². The van der Waals surface area contributed by atoms with E-state index in [2.05, 4.69) is 15.8 Å². The number of methoxy groups -OCH3 is 1. The SMILES string of the molecule is COc1ccc([C@H](CNS(=O)(=O)CC[C@H]2CCCO2)c2c[nH]c3ccccc23)cc1. The summed E-state index contributed by atoms with van der Waals surface area (Å²) < 4.78 is 39.0. The molecule has 0 bridgehead atoms. The zero-order chi connectivity index (χ0) is 21.0. The summed E-state index contributed by atoms with van der Waals surface area (Å²) >= 11 is 0. The summed E-state index contributed by atoms with van der Waals surface area (Å²) in [4.78, 5) is 3.30. The van der Waals surface area contributed by atoms with Crippen LogP contribution >= 0.6 is 0 Å². The Bertz CT molecular complexity index is 1070. The normalized spacial score (nSPS) is 18.0. The number of para-hydroxylation sites is 1. The minimum atomic E-state index is -3.39. The number of hydrogen-bond donors (Lipinski definition) is 2. The van der Waals surface area contributed by atoms with Crippen molar-refractivity contribution in [3.63, 3.8) is 0 Å². The molecule has 1 fully saturated rings. The number of H-pyrrole nitrogens is 1. The summed E-state index contributed by atoms with van der Waals surface area (Å²) in [5.74, 6) is 0.735. The van der Waals surface area contributed by atoms with Crippen LogP contribution in [0, 0.1) is 0 Å². The van der Waals surface area contributed by atoms with E-state index in [1.54, 1.807) is 7.11 Å². The number of rotatable bonds is 9. The second kappa shape index (κ2) is 9.20. The van der Waals surface area contributed by atoms with Crippen molar-refractivity contribution in [2.45, 2.75) is 31.3 Å². The van der Waals surface area contributed by atoms with Gasteiger partial charge in [-0.3, -0.25) is 0 Å². The maximum absolute atomic E-state index is 12.7. The highest BCUT2D eigenvalue weighted by molar-refractivity contribution is 7.89. The molecule has 3 aromatic rings. The fraction of sp³-hybridized carbons (Fsp3) is 0.391. The molecule has 0 radical (unpaired) electrons. The summed E-state index contributed by atoms with van der Waals surface area (Å²) in [6, 6.07) is 15.9. The largest absolute Gasteiger partial charge is 0.497 e. The lowest BCUT2D eigenvalue weighted by Gasteiger charge is -2.19. The maximum Gasteiger partial charge on any atom is 0.211 e. The van der Waals surface area contributed by atoms with Gasteiger partial charge in [0.05, 0.1) is 19.0 Å². The van der Waals surface area contributed by atoms with E-state index < -0.39 is 10.0 Å². The fourth-order valence-electron chi connectivity index (χ4n) is 4.07. The van der Waals surface area contributed by atoms with Crippen LogP contribution in [0.15, 0.2) is 54.7 Å². The molecule has 0 amide bonds. The Morgan fingerprint density at radius 1 is 1.20 bits per heavy atom. The van der Waals surface area contributed by atoms with Gasteiger partial charge in [0.15, 0.2) is 0 Å². The van der Waals surface area contributed by atoms with E-state index in [1.807, 2.05) is 48.7 Å². The number of nitrogens with one attached hydrogen (secondary N) is 2. The molecule has 1 aliphatic rings. The molecule has 2 N–H and O–H groups in total. The van der Waals surface area contributed by atoms with Crippen LogP contribution in [0.5, 0.6) is 5.75 Å². The lowest BCUT2D eigenvalue weighted by Crippen LogP contribution is -2.32. The second-order valence-electron chi connectivity index (χ2n) is 7.71. The molecule has 0 unspecified atom stereocenters. The minimum absolute atomic E-state index is 0.0626. The summed E-state index contributed by atoms with van der Waals surface area (Å²) in [5, 5.41) is 1.09. The van der Waals surface area contributed by atoms with E-state index in [1.165, 1.54) is 0 Å². The third kappa shape index (κ3) is 4.86. The number of aromatic nitrogens is 1. The van der Waals surface area contributed by atoms with Crippen molar-refractivity contribution >= 4 is 20.9 Å². The summed E-state index contributed by atoms with van der Waals surface area (Å²) in [7, 11) is -1.76. The fourth-order valence-corrected chi connectivity index (χ4v) is 5.21. The van der Waals surface area contributed by atoms with Crippen LogP contribution in [-0.2, 0) is 14.8 Å². The van der Waals surface area contributed by atoms with Gasteiger partial charge in [-0.2, -0.15) is 0 Å².